The summed E-state index contributed by atoms with van der Waals surface area (Å²) < 4.78 is 29.1. The van der Waals surface area contributed by atoms with Gasteiger partial charge in [0, 0.05) is 107 Å². The molecular weight excluding hydrogens is 1270 g/mol. The van der Waals surface area contributed by atoms with Crippen molar-refractivity contribution >= 4 is 78.5 Å². The number of carbonyl (C=O) groups is 6. The van der Waals surface area contributed by atoms with Gasteiger partial charge in [-0.3, -0.25) is 48.5 Å². The number of aliphatic hydroxyl groups is 4. The molecule has 20 nitrogen and oxygen atoms in total. The van der Waals surface area contributed by atoms with Crippen LogP contribution >= 0.6 is 0 Å². The quantitative estimate of drug-likeness (QED) is 0.0202. The van der Waals surface area contributed by atoms with Gasteiger partial charge in [-0.25, -0.2) is 0 Å². The fourth-order valence-electron chi connectivity index (χ4n) is 13.9. The van der Waals surface area contributed by atoms with Crippen LogP contribution in [0.1, 0.15) is 103 Å². The van der Waals surface area contributed by atoms with Crippen molar-refractivity contribution in [3.8, 4) is 46.0 Å². The summed E-state index contributed by atoms with van der Waals surface area (Å²) in [5.74, 6) is -3.52. The second kappa shape index (κ2) is 29.1. The molecule has 100 heavy (non-hydrogen) atoms. The van der Waals surface area contributed by atoms with Crippen LogP contribution in [0.2, 0.25) is 0 Å². The number of pyridine rings is 2. The van der Waals surface area contributed by atoms with E-state index < -0.39 is 74.0 Å². The molecule has 0 saturated heterocycles. The first-order valence-electron chi connectivity index (χ1n) is 33.7. The fourth-order valence-corrected chi connectivity index (χ4v) is 13.9. The summed E-state index contributed by atoms with van der Waals surface area (Å²) in [6.45, 7) is 5.08. The van der Waals surface area contributed by atoms with Crippen molar-refractivity contribution in [2.75, 3.05) is 52.6 Å². The summed E-state index contributed by atoms with van der Waals surface area (Å²) in [6, 6.07) is 39.4. The molecule has 11 aromatic rings. The summed E-state index contributed by atoms with van der Waals surface area (Å²) in [7, 11) is 0. The first-order chi connectivity index (χ1) is 48.7. The van der Waals surface area contributed by atoms with Crippen molar-refractivity contribution in [1.29, 1.82) is 0 Å². The van der Waals surface area contributed by atoms with E-state index in [9.17, 15) is 20.4 Å². The van der Waals surface area contributed by atoms with Crippen molar-refractivity contribution < 1.29 is 68.1 Å². The summed E-state index contributed by atoms with van der Waals surface area (Å²) >= 11 is 0. The Bertz CT molecular complexity index is 4440. The molecule has 6 amide bonds. The van der Waals surface area contributed by atoms with Crippen LogP contribution in [0.5, 0.6) is 46.0 Å². The number of fused-ring (bicyclic) bond motifs is 2. The normalized spacial score (nSPS) is 13.4. The van der Waals surface area contributed by atoms with Gasteiger partial charge in [0.25, 0.3) is 23.6 Å². The smallest absolute Gasteiger partial charge is 0.262 e. The lowest BCUT2D eigenvalue weighted by atomic mass is 9.80. The molecule has 2 aliphatic heterocycles. The lowest BCUT2D eigenvalue weighted by Crippen LogP contribution is -2.56. The molecule has 13 rings (SSSR count). The van der Waals surface area contributed by atoms with E-state index in [2.05, 4.69) is 9.97 Å². The third kappa shape index (κ3) is 12.7. The van der Waals surface area contributed by atoms with Crippen LogP contribution in [0.3, 0.4) is 0 Å². The number of rotatable bonds is 28. The molecule has 2 aromatic heterocycles. The van der Waals surface area contributed by atoms with Crippen LogP contribution in [-0.4, -0.2) is 150 Å². The van der Waals surface area contributed by atoms with E-state index in [1.807, 2.05) is 100 Å². The van der Waals surface area contributed by atoms with Gasteiger partial charge in [-0.1, -0.05) is 88.4 Å². The number of ether oxygens (including phenoxy) is 4. The topological polar surface area (TPSA) is 259 Å². The van der Waals surface area contributed by atoms with Crippen molar-refractivity contribution in [3.63, 3.8) is 0 Å². The Hall–Kier alpha value is -11.2. The molecule has 0 radical (unpaired) electrons. The van der Waals surface area contributed by atoms with Crippen molar-refractivity contribution in [1.82, 2.24) is 29.6 Å². The Balaban J connectivity index is 1.22. The average molecular weight is 1340 g/mol. The van der Waals surface area contributed by atoms with Gasteiger partial charge in [-0.05, 0) is 144 Å². The monoisotopic (exact) mass is 1340 g/mol. The minimum atomic E-state index is -1.58. The van der Waals surface area contributed by atoms with Gasteiger partial charge in [0.15, 0.2) is 0 Å². The van der Waals surface area contributed by atoms with Crippen LogP contribution in [0.4, 0.5) is 0 Å². The molecule has 508 valence electrons. The van der Waals surface area contributed by atoms with Gasteiger partial charge in [0.05, 0.1) is 48.7 Å². The number of aromatic nitrogens is 2. The number of aliphatic hydroxyl groups excluding tert-OH is 4. The molecule has 0 fully saturated rings. The maximum Gasteiger partial charge on any atom is 0.262 e. The number of carbonyl (C=O) groups excluding carboxylic acids is 6. The summed E-state index contributed by atoms with van der Waals surface area (Å²) in [6.07, 6.45) is 8.17. The molecule has 0 bridgehead atoms. The molecule has 9 aromatic carbocycles. The van der Waals surface area contributed by atoms with Crippen molar-refractivity contribution in [3.05, 3.63) is 226 Å². The second-order valence-corrected chi connectivity index (χ2v) is 24.8. The number of imide groups is 2. The van der Waals surface area contributed by atoms with E-state index in [1.54, 1.807) is 60.9 Å². The maximum absolute atomic E-state index is 16.5. The van der Waals surface area contributed by atoms with Crippen LogP contribution in [0.25, 0.3) is 43.1 Å². The van der Waals surface area contributed by atoms with E-state index in [-0.39, 0.29) is 127 Å². The van der Waals surface area contributed by atoms with Crippen LogP contribution < -0.4 is 18.9 Å². The number of nitrogens with zero attached hydrogens (tertiary/aromatic N) is 6. The zero-order chi connectivity index (χ0) is 69.9. The van der Waals surface area contributed by atoms with Gasteiger partial charge in [0.1, 0.15) is 58.1 Å². The molecule has 2 aliphatic rings. The lowest BCUT2D eigenvalue weighted by molar-refractivity contribution is -0.137. The summed E-state index contributed by atoms with van der Waals surface area (Å²) in [5.41, 5.74) is 4.32. The largest absolute Gasteiger partial charge is 0.457 e. The number of hydrogen-bond acceptors (Lipinski definition) is 16. The molecule has 4 N–H and O–H groups in total. The second-order valence-electron chi connectivity index (χ2n) is 24.8. The van der Waals surface area contributed by atoms with Crippen molar-refractivity contribution in [2.24, 2.45) is 0 Å². The zero-order valence-electron chi connectivity index (χ0n) is 55.8. The maximum atomic E-state index is 16.5. The van der Waals surface area contributed by atoms with Crippen LogP contribution in [0, 0.1) is 0 Å². The highest BCUT2D eigenvalue weighted by molar-refractivity contribution is 6.45. The van der Waals surface area contributed by atoms with E-state index in [1.165, 1.54) is 46.5 Å². The van der Waals surface area contributed by atoms with Crippen molar-refractivity contribution in [2.45, 2.75) is 78.3 Å². The predicted molar refractivity (Wildman–Crippen MR) is 377 cm³/mol. The molecule has 2 atom stereocenters. The summed E-state index contributed by atoms with van der Waals surface area (Å²) in [4.78, 5) is 109. The molecular formula is C80H74N6O14. The zero-order valence-corrected chi connectivity index (χ0v) is 55.8. The number of benzene rings is 9. The number of amides is 6. The molecule has 4 heterocycles. The van der Waals surface area contributed by atoms with Gasteiger partial charge in [-0.2, -0.15) is 0 Å². The lowest BCUT2D eigenvalue weighted by Gasteiger charge is -2.37. The van der Waals surface area contributed by atoms with E-state index in [4.69, 9.17) is 18.9 Å². The van der Waals surface area contributed by atoms with E-state index >= 15 is 28.8 Å². The minimum absolute atomic E-state index is 0.0368. The highest BCUT2D eigenvalue weighted by Gasteiger charge is 2.47. The first kappa shape index (κ1) is 67.4. The fraction of sp³-hybridized carbons (Fsp3) is 0.250. The predicted octanol–water partition coefficient (Wildman–Crippen LogP) is 12.0. The average Bonchev–Trinajstić information content (AvgIpc) is 0.676. The SMILES string of the molecule is CCc1cccc(Oc2cc3c4c(cc(Oc5cccc(CC)c5)c5c6c(Oc7cccc(CC)c7)cc7c8c(cc(Oc9cccc(CC)c9)c(c2c45)c86)C(=O)N(C(Cc2cccnc2)C(=O)N(CCO)CCO)C7=O)C(=O)N(C(Cc2cccnc2)C(=O)N(CCO)CCO)C3=O)c1. The third-order valence-electron chi connectivity index (χ3n) is 18.7. The Kier molecular flexibility index (Phi) is 19.6. The first-order valence-corrected chi connectivity index (χ1v) is 33.7. The Morgan fingerprint density at radius 2 is 0.640 bits per heavy atom. The molecule has 0 aliphatic carbocycles. The van der Waals surface area contributed by atoms with E-state index in [0.29, 0.717) is 59.8 Å². The van der Waals surface area contributed by atoms with Gasteiger partial charge in [-0.15, -0.1) is 0 Å². The van der Waals surface area contributed by atoms with Crippen LogP contribution in [-0.2, 0) is 48.1 Å². The highest BCUT2D eigenvalue weighted by atomic mass is 16.5. The van der Waals surface area contributed by atoms with Gasteiger partial charge in [0.2, 0.25) is 11.8 Å². The Morgan fingerprint density at radius 1 is 0.370 bits per heavy atom. The molecule has 20 heteroatoms. The highest BCUT2D eigenvalue weighted by Crippen LogP contribution is 2.58. The third-order valence-corrected chi connectivity index (χ3v) is 18.7. The Morgan fingerprint density at radius 3 is 0.880 bits per heavy atom. The number of aryl methyl sites for hydroxylation is 4. The van der Waals surface area contributed by atoms with Crippen LogP contribution in [0.15, 0.2) is 170 Å². The van der Waals surface area contributed by atoms with Gasteiger partial charge >= 0.3 is 0 Å². The Labute approximate surface area is 576 Å². The van der Waals surface area contributed by atoms with Gasteiger partial charge < -0.3 is 49.2 Å². The molecule has 2 unspecified atom stereocenters. The van der Waals surface area contributed by atoms with E-state index in [0.717, 1.165) is 32.1 Å². The molecule has 0 spiro atoms. The molecule has 0 saturated carbocycles. The number of hydrogen-bond donors (Lipinski definition) is 4. The standard InChI is InChI=1S/C80H74N6O14/c1-5-47-15-9-21-53(35-47)97-63-41-57-67-58(76(92)85(75(57)91)61(39-51-19-13-25-81-45-51)79(95)83(27-31-87)28-32-88)43-65(99-55-23-11-17-49(7-3)37-55)71-72-66(100-56-24-12-18-50(8-4)38-56)44-60-68-59(42-64(70(74(68)72)69(63)73(67)71)98-54-22-10-16-48(6-2)36-54)77(93)86(78(60)94)62(40-52-20-14-26-82-46-52)80(96)84(29-33-89)30-34-90/h9-26,35-38,41-46,61-62,87-90H,5-8,27-34,39-40H2,1-4H3. The summed E-state index contributed by atoms with van der Waals surface area (Å²) in [5, 5.41) is 43.0. The minimum Gasteiger partial charge on any atom is -0.457 e.